The number of nitrogens with zero attached hydrogens (tertiary/aromatic N) is 1. The largest absolute Gasteiger partial charge is 0.493 e. The highest BCUT2D eigenvalue weighted by molar-refractivity contribution is 8.00. The maximum atomic E-state index is 13.1. The van der Waals surface area contributed by atoms with Crippen LogP contribution in [0.4, 0.5) is 0 Å². The summed E-state index contributed by atoms with van der Waals surface area (Å²) >= 11 is 1.37. The molecule has 2 aliphatic rings. The number of aryl methyl sites for hydroxylation is 1. The zero-order chi connectivity index (χ0) is 24.6. The molecule has 1 fully saturated rings. The molecular formula is C23H25NO8S2. The van der Waals surface area contributed by atoms with Crippen LogP contribution in [0.25, 0.3) is 0 Å². The number of rotatable bonds is 9. The Hall–Kier alpha value is -2.92. The summed E-state index contributed by atoms with van der Waals surface area (Å²) < 4.78 is 36.7. The Morgan fingerprint density at radius 2 is 1.76 bits per heavy atom. The smallest absolute Gasteiger partial charge is 0.330 e. The van der Waals surface area contributed by atoms with Gasteiger partial charge in [-0.25, -0.2) is 13.2 Å². The zero-order valence-corrected chi connectivity index (χ0v) is 20.1. The molecule has 2 aliphatic carbocycles. The Morgan fingerprint density at radius 3 is 2.44 bits per heavy atom. The molecule has 3 atom stereocenters. The molecule has 2 bridgehead atoms. The molecule has 0 amide bonds. The van der Waals surface area contributed by atoms with Crippen LogP contribution >= 0.6 is 11.8 Å². The Kier molecular flexibility index (Phi) is 6.68. The van der Waals surface area contributed by atoms with Gasteiger partial charge >= 0.3 is 11.9 Å². The minimum absolute atomic E-state index is 0.0304. The topological polar surface area (TPSA) is 132 Å². The van der Waals surface area contributed by atoms with Gasteiger partial charge < -0.3 is 19.7 Å². The first-order valence-electron chi connectivity index (χ1n) is 10.7. The fourth-order valence-corrected chi connectivity index (χ4v) is 7.29. The highest BCUT2D eigenvalue weighted by atomic mass is 32.2. The molecule has 4 rings (SSSR count). The molecule has 0 aliphatic heterocycles. The van der Waals surface area contributed by atoms with Gasteiger partial charge in [-0.05, 0) is 37.8 Å². The first kappa shape index (κ1) is 24.2. The first-order valence-corrected chi connectivity index (χ1v) is 13.2. The first-order chi connectivity index (χ1) is 16.1. The summed E-state index contributed by atoms with van der Waals surface area (Å²) in [7, 11) is -4.18. The third-order valence-corrected chi connectivity index (χ3v) is 9.22. The quantitative estimate of drug-likeness (QED) is 0.299. The van der Waals surface area contributed by atoms with Crippen LogP contribution in [0.3, 0.4) is 0 Å². The van der Waals surface area contributed by atoms with Gasteiger partial charge in [-0.3, -0.25) is 4.79 Å². The summed E-state index contributed by atoms with van der Waals surface area (Å²) in [5.74, 6) is -2.21. The molecule has 3 unspecified atom stereocenters. The average Bonchev–Trinajstić information content (AvgIpc) is 3.46. The minimum Gasteiger partial charge on any atom is -0.493 e. The third-order valence-electron chi connectivity index (χ3n) is 6.17. The van der Waals surface area contributed by atoms with Crippen molar-refractivity contribution in [3.8, 4) is 11.8 Å². The van der Waals surface area contributed by atoms with Gasteiger partial charge in [0.2, 0.25) is 11.8 Å². The van der Waals surface area contributed by atoms with Crippen molar-refractivity contribution in [1.82, 2.24) is 3.97 Å². The van der Waals surface area contributed by atoms with E-state index in [2.05, 4.69) is 6.58 Å². The van der Waals surface area contributed by atoms with Crippen LogP contribution in [-0.4, -0.2) is 58.8 Å². The fraction of sp³-hybridized carbons (Fsp3) is 0.391. The SMILES string of the molecule is C=CC(=O)OCCOC(=O)CSC1CC2CC1c1c2c(O)n(S(=O)(=O)c2ccc(C)cc2)c1O. The molecule has 9 nitrogen and oxygen atoms in total. The Labute approximate surface area is 201 Å². The van der Waals surface area contributed by atoms with Crippen LogP contribution in [0, 0.1) is 6.92 Å². The van der Waals surface area contributed by atoms with E-state index in [-0.39, 0.29) is 40.9 Å². The van der Waals surface area contributed by atoms with Gasteiger partial charge in [-0.15, -0.1) is 11.8 Å². The summed E-state index contributed by atoms with van der Waals surface area (Å²) in [5.41, 5.74) is 1.80. The molecule has 0 radical (unpaired) electrons. The number of hydrogen-bond acceptors (Lipinski definition) is 9. The van der Waals surface area contributed by atoms with E-state index < -0.39 is 33.7 Å². The summed E-state index contributed by atoms with van der Waals surface area (Å²) in [6, 6.07) is 6.17. The van der Waals surface area contributed by atoms with Gasteiger partial charge in [0, 0.05) is 28.4 Å². The second-order valence-electron chi connectivity index (χ2n) is 8.27. The predicted molar refractivity (Wildman–Crippen MR) is 125 cm³/mol. The van der Waals surface area contributed by atoms with Crippen LogP contribution < -0.4 is 0 Å². The average molecular weight is 508 g/mol. The van der Waals surface area contributed by atoms with Crippen LogP contribution in [0.5, 0.6) is 11.8 Å². The van der Waals surface area contributed by atoms with E-state index in [0.717, 1.165) is 11.6 Å². The minimum atomic E-state index is -4.18. The molecule has 1 aromatic heterocycles. The van der Waals surface area contributed by atoms with Crippen molar-refractivity contribution in [2.75, 3.05) is 19.0 Å². The van der Waals surface area contributed by atoms with Crippen molar-refractivity contribution in [3.05, 3.63) is 53.6 Å². The Bertz CT molecular complexity index is 1230. The second kappa shape index (κ2) is 9.38. The maximum absolute atomic E-state index is 13.1. The van der Waals surface area contributed by atoms with Gasteiger partial charge in [0.05, 0.1) is 10.6 Å². The number of aromatic hydroxyl groups is 2. The van der Waals surface area contributed by atoms with Crippen molar-refractivity contribution >= 4 is 33.7 Å². The van der Waals surface area contributed by atoms with Crippen molar-refractivity contribution < 1.29 is 37.7 Å². The Morgan fingerprint density at radius 1 is 1.12 bits per heavy atom. The highest BCUT2D eigenvalue weighted by Crippen LogP contribution is 2.62. The normalized spacial score (nSPS) is 20.7. The Balaban J connectivity index is 1.45. The number of thioether (sulfide) groups is 1. The lowest BCUT2D eigenvalue weighted by atomic mass is 9.94. The number of fused-ring (bicyclic) bond motifs is 5. The standard InChI is InChI=1S/C23H25NO8S2/c1-3-18(25)31-8-9-32-19(26)12-33-17-11-14-10-16(17)21-20(14)22(27)24(23(21)28)34(29,30)15-6-4-13(2)5-7-15/h3-7,14,16-17,27-28H,1,8-12H2,2H3. The van der Waals surface area contributed by atoms with Gasteiger partial charge in [0.15, 0.2) is 0 Å². The molecule has 34 heavy (non-hydrogen) atoms. The summed E-state index contributed by atoms with van der Waals surface area (Å²) in [5, 5.41) is 21.6. The number of esters is 2. The molecule has 182 valence electrons. The molecule has 1 aromatic carbocycles. The van der Waals surface area contributed by atoms with Crippen molar-refractivity contribution in [2.24, 2.45) is 0 Å². The lowest BCUT2D eigenvalue weighted by molar-refractivity contribution is -0.147. The van der Waals surface area contributed by atoms with Crippen LogP contribution in [-0.2, 0) is 29.1 Å². The van der Waals surface area contributed by atoms with Crippen molar-refractivity contribution in [3.63, 3.8) is 0 Å². The highest BCUT2D eigenvalue weighted by Gasteiger charge is 2.51. The van der Waals surface area contributed by atoms with E-state index >= 15 is 0 Å². The van der Waals surface area contributed by atoms with E-state index in [1.54, 1.807) is 12.1 Å². The number of ether oxygens (including phenoxy) is 2. The van der Waals surface area contributed by atoms with Crippen molar-refractivity contribution in [1.29, 1.82) is 0 Å². The molecule has 1 heterocycles. The van der Waals surface area contributed by atoms with Crippen LogP contribution in [0.15, 0.2) is 41.8 Å². The molecule has 1 saturated carbocycles. The summed E-state index contributed by atoms with van der Waals surface area (Å²) in [6.45, 7) is 4.98. The number of hydrogen-bond donors (Lipinski definition) is 2. The summed E-state index contributed by atoms with van der Waals surface area (Å²) in [6.07, 6.45) is 2.34. The van der Waals surface area contributed by atoms with Crippen LogP contribution in [0.2, 0.25) is 0 Å². The fourth-order valence-electron chi connectivity index (χ4n) is 4.67. The molecule has 2 aromatic rings. The lowest BCUT2D eigenvalue weighted by Gasteiger charge is -2.21. The van der Waals surface area contributed by atoms with Crippen molar-refractivity contribution in [2.45, 2.75) is 41.7 Å². The van der Waals surface area contributed by atoms with Gasteiger partial charge in [0.25, 0.3) is 10.0 Å². The van der Waals surface area contributed by atoms with Gasteiger partial charge in [0.1, 0.15) is 13.2 Å². The van der Waals surface area contributed by atoms with Gasteiger partial charge in [-0.2, -0.15) is 3.97 Å². The number of benzene rings is 1. The summed E-state index contributed by atoms with van der Waals surface area (Å²) in [4.78, 5) is 23.0. The van der Waals surface area contributed by atoms with E-state index in [1.807, 2.05) is 6.92 Å². The van der Waals surface area contributed by atoms with E-state index in [1.165, 1.54) is 23.9 Å². The van der Waals surface area contributed by atoms with E-state index in [4.69, 9.17) is 9.47 Å². The number of carbonyl (C=O) groups is 2. The molecule has 0 spiro atoms. The monoisotopic (exact) mass is 507 g/mol. The maximum Gasteiger partial charge on any atom is 0.330 e. The molecule has 0 saturated heterocycles. The molecular weight excluding hydrogens is 482 g/mol. The lowest BCUT2D eigenvalue weighted by Crippen LogP contribution is -2.18. The molecule has 11 heteroatoms. The zero-order valence-electron chi connectivity index (χ0n) is 18.5. The predicted octanol–water partition coefficient (Wildman–Crippen LogP) is 2.79. The van der Waals surface area contributed by atoms with E-state index in [0.29, 0.717) is 27.9 Å². The van der Waals surface area contributed by atoms with E-state index in [9.17, 15) is 28.2 Å². The van der Waals surface area contributed by atoms with Crippen LogP contribution in [0.1, 0.15) is 41.4 Å². The number of carbonyl (C=O) groups excluding carboxylic acids is 2. The third kappa shape index (κ3) is 4.29. The number of aromatic nitrogens is 1. The second-order valence-corrected chi connectivity index (χ2v) is 11.3. The van der Waals surface area contributed by atoms with Gasteiger partial charge in [-0.1, -0.05) is 24.3 Å². The molecule has 2 N–H and O–H groups in total.